The number of esters is 1. The number of amides is 2. The summed E-state index contributed by atoms with van der Waals surface area (Å²) >= 11 is 5.97. The quantitative estimate of drug-likeness (QED) is 0.594. The van der Waals surface area contributed by atoms with Gasteiger partial charge in [-0.05, 0) is 36.4 Å². The summed E-state index contributed by atoms with van der Waals surface area (Å²) in [5, 5.41) is 2.15. The van der Waals surface area contributed by atoms with Gasteiger partial charge in [0, 0.05) is 5.69 Å². The lowest BCUT2D eigenvalue weighted by atomic mass is 10.2. The van der Waals surface area contributed by atoms with E-state index in [9.17, 15) is 27.6 Å². The van der Waals surface area contributed by atoms with Crippen molar-refractivity contribution in [3.63, 3.8) is 0 Å². The van der Waals surface area contributed by atoms with Gasteiger partial charge < -0.3 is 10.1 Å². The van der Waals surface area contributed by atoms with Crippen molar-refractivity contribution in [3.8, 4) is 0 Å². The molecule has 2 aromatic rings. The minimum absolute atomic E-state index is 0.181. The number of ether oxygens (including phenoxy) is 1. The van der Waals surface area contributed by atoms with Gasteiger partial charge in [0.2, 0.25) is 0 Å². The summed E-state index contributed by atoms with van der Waals surface area (Å²) in [7, 11) is 1.20. The van der Waals surface area contributed by atoms with Crippen molar-refractivity contribution < 1.29 is 32.3 Å². The van der Waals surface area contributed by atoms with Crippen LogP contribution >= 0.6 is 11.6 Å². The minimum atomic E-state index is -4.64. The van der Waals surface area contributed by atoms with Crippen LogP contribution in [-0.2, 0) is 20.5 Å². The smallest absolute Gasteiger partial charge is 0.416 e. The van der Waals surface area contributed by atoms with Crippen molar-refractivity contribution in [2.75, 3.05) is 17.3 Å². The second-order valence-corrected chi connectivity index (χ2v) is 6.26. The van der Waals surface area contributed by atoms with Gasteiger partial charge in [-0.3, -0.25) is 9.59 Å². The minimum Gasteiger partial charge on any atom is -0.465 e. The van der Waals surface area contributed by atoms with Crippen molar-refractivity contribution in [1.29, 1.82) is 0 Å². The monoisotopic (exact) mass is 424 g/mol. The largest absolute Gasteiger partial charge is 0.465 e. The SMILES string of the molecule is COC(=O)c1cccc(NC2=C(Cl)C(=O)N(c3cccc(C(F)(F)F)c3)C2=O)c1. The van der Waals surface area contributed by atoms with Crippen molar-refractivity contribution in [2.24, 2.45) is 0 Å². The highest BCUT2D eigenvalue weighted by Gasteiger charge is 2.40. The molecule has 0 spiro atoms. The zero-order chi connectivity index (χ0) is 21.3. The Labute approximate surface area is 167 Å². The van der Waals surface area contributed by atoms with Crippen molar-refractivity contribution >= 4 is 40.8 Å². The van der Waals surface area contributed by atoms with Crippen LogP contribution in [0.1, 0.15) is 15.9 Å². The van der Waals surface area contributed by atoms with Gasteiger partial charge in [0.25, 0.3) is 11.8 Å². The van der Waals surface area contributed by atoms with Crippen LogP contribution in [0.25, 0.3) is 0 Å². The molecule has 1 N–H and O–H groups in total. The van der Waals surface area contributed by atoms with Gasteiger partial charge >= 0.3 is 12.1 Å². The third-order valence-electron chi connectivity index (χ3n) is 4.01. The second kappa shape index (κ2) is 7.59. The van der Waals surface area contributed by atoms with Crippen molar-refractivity contribution in [1.82, 2.24) is 0 Å². The molecule has 1 aliphatic heterocycles. The normalized spacial score (nSPS) is 14.4. The fourth-order valence-corrected chi connectivity index (χ4v) is 2.87. The molecule has 29 heavy (non-hydrogen) atoms. The number of alkyl halides is 3. The molecule has 2 aromatic carbocycles. The number of benzene rings is 2. The molecule has 0 atom stereocenters. The molecule has 0 saturated heterocycles. The van der Waals surface area contributed by atoms with E-state index in [0.717, 1.165) is 12.1 Å². The maximum absolute atomic E-state index is 12.9. The average Bonchev–Trinajstić information content (AvgIpc) is 2.90. The van der Waals surface area contributed by atoms with Gasteiger partial charge in [-0.1, -0.05) is 23.7 Å². The van der Waals surface area contributed by atoms with E-state index in [4.69, 9.17) is 11.6 Å². The summed E-state index contributed by atoms with van der Waals surface area (Å²) in [6, 6.07) is 9.64. The van der Waals surface area contributed by atoms with Crippen LogP contribution in [0.15, 0.2) is 59.3 Å². The first-order valence-electron chi connectivity index (χ1n) is 8.04. The molecule has 1 aliphatic rings. The second-order valence-electron chi connectivity index (χ2n) is 5.88. The molecule has 150 valence electrons. The van der Waals surface area contributed by atoms with Crippen LogP contribution in [0, 0.1) is 0 Å². The Morgan fingerprint density at radius 1 is 1.07 bits per heavy atom. The van der Waals surface area contributed by atoms with E-state index in [0.29, 0.717) is 11.0 Å². The molecule has 10 heteroatoms. The number of halogens is 4. The first-order valence-corrected chi connectivity index (χ1v) is 8.42. The third-order valence-corrected chi connectivity index (χ3v) is 4.36. The molecule has 3 rings (SSSR count). The van der Waals surface area contributed by atoms with Gasteiger partial charge in [0.15, 0.2) is 0 Å². The Morgan fingerprint density at radius 3 is 2.41 bits per heavy atom. The molecule has 2 amide bonds. The molecule has 0 aromatic heterocycles. The summed E-state index contributed by atoms with van der Waals surface area (Å²) in [6.45, 7) is 0. The first-order chi connectivity index (χ1) is 13.6. The van der Waals surface area contributed by atoms with Crippen LogP contribution < -0.4 is 10.2 Å². The topological polar surface area (TPSA) is 75.7 Å². The highest BCUT2D eigenvalue weighted by molar-refractivity contribution is 6.53. The fourth-order valence-electron chi connectivity index (χ4n) is 2.65. The lowest BCUT2D eigenvalue weighted by molar-refractivity contribution is -0.137. The summed E-state index contributed by atoms with van der Waals surface area (Å²) < 4.78 is 43.5. The highest BCUT2D eigenvalue weighted by atomic mass is 35.5. The summed E-state index contributed by atoms with van der Waals surface area (Å²) in [5.74, 6) is -2.52. The lowest BCUT2D eigenvalue weighted by Crippen LogP contribution is -2.32. The zero-order valence-corrected chi connectivity index (χ0v) is 15.5. The number of methoxy groups -OCH3 is 1. The summed E-state index contributed by atoms with van der Waals surface area (Å²) in [5.41, 5.74) is -1.17. The van der Waals surface area contributed by atoms with Gasteiger partial charge in [-0.25, -0.2) is 9.69 Å². The Kier molecular flexibility index (Phi) is 5.34. The Bertz CT molecular complexity index is 1050. The molecule has 6 nitrogen and oxygen atoms in total. The lowest BCUT2D eigenvalue weighted by Gasteiger charge is -2.17. The molecule has 0 radical (unpaired) electrons. The van der Waals surface area contributed by atoms with Crippen LogP contribution in [0.3, 0.4) is 0 Å². The molecular formula is C19H12ClF3N2O4. The van der Waals surface area contributed by atoms with Gasteiger partial charge in [0.1, 0.15) is 10.7 Å². The maximum Gasteiger partial charge on any atom is 0.416 e. The number of imide groups is 1. The van der Waals surface area contributed by atoms with Crippen LogP contribution in [0.2, 0.25) is 0 Å². The predicted octanol–water partition coefficient (Wildman–Crippen LogP) is 3.93. The van der Waals surface area contributed by atoms with E-state index >= 15 is 0 Å². The summed E-state index contributed by atoms with van der Waals surface area (Å²) in [4.78, 5) is 37.3. The number of hydrogen-bond donors (Lipinski definition) is 1. The fraction of sp³-hybridized carbons (Fsp3) is 0.105. The van der Waals surface area contributed by atoms with E-state index in [1.807, 2.05) is 0 Å². The number of nitrogens with one attached hydrogen (secondary N) is 1. The van der Waals surface area contributed by atoms with E-state index in [2.05, 4.69) is 10.1 Å². The Balaban J connectivity index is 1.91. The van der Waals surface area contributed by atoms with E-state index in [1.165, 1.54) is 37.4 Å². The molecule has 0 aliphatic carbocycles. The Hall–Kier alpha value is -3.33. The molecular weight excluding hydrogens is 413 g/mol. The van der Waals surface area contributed by atoms with E-state index < -0.39 is 34.6 Å². The number of carbonyl (C=O) groups excluding carboxylic acids is 3. The van der Waals surface area contributed by atoms with Crippen LogP contribution in [0.5, 0.6) is 0 Å². The van der Waals surface area contributed by atoms with E-state index in [-0.39, 0.29) is 22.6 Å². The number of rotatable bonds is 4. The molecule has 0 unspecified atom stereocenters. The first kappa shape index (κ1) is 20.4. The number of anilines is 2. The van der Waals surface area contributed by atoms with E-state index in [1.54, 1.807) is 0 Å². The maximum atomic E-state index is 12.9. The molecule has 1 heterocycles. The number of hydrogen-bond acceptors (Lipinski definition) is 5. The molecule has 0 fully saturated rings. The zero-order valence-electron chi connectivity index (χ0n) is 14.7. The highest BCUT2D eigenvalue weighted by Crippen LogP contribution is 2.35. The van der Waals surface area contributed by atoms with Crippen molar-refractivity contribution in [3.05, 3.63) is 70.4 Å². The third kappa shape index (κ3) is 3.95. The van der Waals surface area contributed by atoms with Gasteiger partial charge in [-0.15, -0.1) is 0 Å². The van der Waals surface area contributed by atoms with Crippen LogP contribution in [-0.4, -0.2) is 24.9 Å². The van der Waals surface area contributed by atoms with Gasteiger partial charge in [0.05, 0.1) is 23.9 Å². The van der Waals surface area contributed by atoms with Crippen LogP contribution in [0.4, 0.5) is 24.5 Å². The summed E-state index contributed by atoms with van der Waals surface area (Å²) in [6.07, 6.45) is -4.64. The van der Waals surface area contributed by atoms with Gasteiger partial charge in [-0.2, -0.15) is 13.2 Å². The standard InChI is InChI=1S/C19H12ClF3N2O4/c1-29-18(28)10-4-2-6-12(8-10)24-15-14(20)16(26)25(17(15)27)13-7-3-5-11(9-13)19(21,22)23/h2-9,24H,1H3. The average molecular weight is 425 g/mol. The van der Waals surface area contributed by atoms with Crippen molar-refractivity contribution in [2.45, 2.75) is 6.18 Å². The molecule has 0 bridgehead atoms. The predicted molar refractivity (Wildman–Crippen MR) is 98.2 cm³/mol. The number of carbonyl (C=O) groups is 3. The Morgan fingerprint density at radius 2 is 1.76 bits per heavy atom. The number of nitrogens with zero attached hydrogens (tertiary/aromatic N) is 1. The molecule has 0 saturated carbocycles.